The summed E-state index contributed by atoms with van der Waals surface area (Å²) >= 11 is 0. The van der Waals surface area contributed by atoms with Gasteiger partial charge in [0.15, 0.2) is 11.5 Å². The molecule has 3 aromatic carbocycles. The Morgan fingerprint density at radius 3 is 2.67 bits per heavy atom. The molecule has 0 aliphatic carbocycles. The van der Waals surface area contributed by atoms with Crippen LogP contribution in [0.5, 0.6) is 11.5 Å². The maximum Gasteiger partial charge on any atom is 0.267 e. The Kier molecular flexibility index (Phi) is 4.40. The molecule has 7 nitrogen and oxygen atoms in total. The Morgan fingerprint density at radius 2 is 1.77 bits per heavy atom. The van der Waals surface area contributed by atoms with Crippen molar-refractivity contribution in [3.05, 3.63) is 83.2 Å². The van der Waals surface area contributed by atoms with E-state index in [1.165, 1.54) is 6.07 Å². The number of benzene rings is 3. The molecule has 0 saturated heterocycles. The molecule has 0 atom stereocenters. The summed E-state index contributed by atoms with van der Waals surface area (Å²) in [5, 5.41) is 9.35. The van der Waals surface area contributed by atoms with Crippen LogP contribution in [0.15, 0.2) is 77.6 Å². The fraction of sp³-hybridized carbons (Fsp3) is 0.0870. The number of carbonyl (C=O) groups is 1. The van der Waals surface area contributed by atoms with Crippen LogP contribution in [0.1, 0.15) is 0 Å². The molecule has 30 heavy (non-hydrogen) atoms. The number of anilines is 1. The largest absolute Gasteiger partial charge is 0.454 e. The van der Waals surface area contributed by atoms with Crippen LogP contribution in [0.3, 0.4) is 0 Å². The van der Waals surface area contributed by atoms with Crippen LogP contribution < -0.4 is 20.3 Å². The van der Waals surface area contributed by atoms with Crippen molar-refractivity contribution in [3.8, 4) is 22.8 Å². The number of carbonyl (C=O) groups excluding carboxylic acids is 1. The predicted molar refractivity (Wildman–Crippen MR) is 113 cm³/mol. The summed E-state index contributed by atoms with van der Waals surface area (Å²) in [5.41, 5.74) is 1.71. The molecule has 0 unspecified atom stereocenters. The van der Waals surface area contributed by atoms with E-state index in [0.717, 1.165) is 21.0 Å². The lowest BCUT2D eigenvalue weighted by Crippen LogP contribution is -2.29. The first-order valence-corrected chi connectivity index (χ1v) is 9.42. The average molecular weight is 399 g/mol. The van der Waals surface area contributed by atoms with Gasteiger partial charge in [-0.3, -0.25) is 9.59 Å². The van der Waals surface area contributed by atoms with E-state index in [9.17, 15) is 9.59 Å². The SMILES string of the molecule is O=C(Cn1nc(-c2ccc3ccccc3c2)ccc1=O)Nc1ccc2c(c1)OCO2. The molecule has 0 fully saturated rings. The van der Waals surface area contributed by atoms with Gasteiger partial charge in [0.1, 0.15) is 6.54 Å². The smallest absolute Gasteiger partial charge is 0.267 e. The number of rotatable bonds is 4. The molecule has 7 heteroatoms. The Labute approximate surface area is 171 Å². The molecular weight excluding hydrogens is 382 g/mol. The quantitative estimate of drug-likeness (QED) is 0.569. The molecule has 0 saturated carbocycles. The number of amides is 1. The van der Waals surface area contributed by atoms with Crippen molar-refractivity contribution >= 4 is 22.4 Å². The lowest BCUT2D eigenvalue weighted by Gasteiger charge is -2.09. The third-order valence-corrected chi connectivity index (χ3v) is 4.86. The third kappa shape index (κ3) is 3.48. The van der Waals surface area contributed by atoms with Gasteiger partial charge in [-0.05, 0) is 35.0 Å². The van der Waals surface area contributed by atoms with E-state index in [0.29, 0.717) is 22.9 Å². The van der Waals surface area contributed by atoms with Gasteiger partial charge in [-0.2, -0.15) is 5.10 Å². The minimum absolute atomic E-state index is 0.160. The molecular formula is C23H17N3O4. The second-order valence-electron chi connectivity index (χ2n) is 6.89. The van der Waals surface area contributed by atoms with Gasteiger partial charge in [-0.1, -0.05) is 36.4 Å². The van der Waals surface area contributed by atoms with Gasteiger partial charge in [0, 0.05) is 23.4 Å². The number of nitrogens with zero attached hydrogens (tertiary/aromatic N) is 2. The van der Waals surface area contributed by atoms with Crippen molar-refractivity contribution in [1.82, 2.24) is 9.78 Å². The normalized spacial score (nSPS) is 12.1. The monoisotopic (exact) mass is 399 g/mol. The van der Waals surface area contributed by atoms with Gasteiger partial charge in [0.25, 0.3) is 5.56 Å². The first-order valence-electron chi connectivity index (χ1n) is 9.42. The number of hydrogen-bond donors (Lipinski definition) is 1. The minimum Gasteiger partial charge on any atom is -0.454 e. The highest BCUT2D eigenvalue weighted by Gasteiger charge is 2.15. The van der Waals surface area contributed by atoms with Crippen LogP contribution in [0.4, 0.5) is 5.69 Å². The zero-order valence-corrected chi connectivity index (χ0v) is 15.9. The van der Waals surface area contributed by atoms with Gasteiger partial charge in [-0.25, -0.2) is 4.68 Å². The maximum atomic E-state index is 12.5. The molecule has 1 aliphatic rings. The minimum atomic E-state index is -0.362. The highest BCUT2D eigenvalue weighted by Crippen LogP contribution is 2.34. The van der Waals surface area contributed by atoms with Gasteiger partial charge in [0.2, 0.25) is 12.7 Å². The van der Waals surface area contributed by atoms with Crippen molar-refractivity contribution in [2.24, 2.45) is 0 Å². The Hall–Kier alpha value is -4.13. The van der Waals surface area contributed by atoms with Crippen LogP contribution in [0.2, 0.25) is 0 Å². The van der Waals surface area contributed by atoms with Crippen molar-refractivity contribution < 1.29 is 14.3 Å². The number of aromatic nitrogens is 2. The fourth-order valence-electron chi connectivity index (χ4n) is 3.38. The van der Waals surface area contributed by atoms with Crippen LogP contribution in [0, 0.1) is 0 Å². The summed E-state index contributed by atoms with van der Waals surface area (Å²) in [5.74, 6) is 0.842. The molecule has 1 aliphatic heterocycles. The Morgan fingerprint density at radius 1 is 0.933 bits per heavy atom. The van der Waals surface area contributed by atoms with Crippen molar-refractivity contribution in [3.63, 3.8) is 0 Å². The third-order valence-electron chi connectivity index (χ3n) is 4.86. The van der Waals surface area contributed by atoms with Gasteiger partial charge in [-0.15, -0.1) is 0 Å². The van der Waals surface area contributed by atoms with E-state index >= 15 is 0 Å². The lowest BCUT2D eigenvalue weighted by atomic mass is 10.1. The highest BCUT2D eigenvalue weighted by molar-refractivity contribution is 5.91. The number of ether oxygens (including phenoxy) is 2. The Bertz CT molecular complexity index is 1330. The van der Waals surface area contributed by atoms with Crippen LogP contribution in [-0.2, 0) is 11.3 Å². The molecule has 0 spiro atoms. The molecule has 1 amide bonds. The first kappa shape index (κ1) is 17.9. The molecule has 2 heterocycles. The van der Waals surface area contributed by atoms with Crippen LogP contribution >= 0.6 is 0 Å². The van der Waals surface area contributed by atoms with Crippen molar-refractivity contribution in [2.45, 2.75) is 6.54 Å². The average Bonchev–Trinajstić information content (AvgIpc) is 3.23. The fourth-order valence-corrected chi connectivity index (χ4v) is 3.38. The van der Waals surface area contributed by atoms with Crippen molar-refractivity contribution in [1.29, 1.82) is 0 Å². The van der Waals surface area contributed by atoms with E-state index in [1.54, 1.807) is 24.3 Å². The number of fused-ring (bicyclic) bond motifs is 2. The molecule has 0 radical (unpaired) electrons. The number of hydrogen-bond acceptors (Lipinski definition) is 5. The maximum absolute atomic E-state index is 12.5. The van der Waals surface area contributed by atoms with Gasteiger partial charge < -0.3 is 14.8 Å². The molecule has 1 N–H and O–H groups in total. The molecule has 4 aromatic rings. The van der Waals surface area contributed by atoms with E-state index in [-0.39, 0.29) is 24.8 Å². The zero-order valence-electron chi connectivity index (χ0n) is 15.9. The van der Waals surface area contributed by atoms with E-state index < -0.39 is 0 Å². The van der Waals surface area contributed by atoms with Gasteiger partial charge >= 0.3 is 0 Å². The van der Waals surface area contributed by atoms with Crippen molar-refractivity contribution in [2.75, 3.05) is 12.1 Å². The summed E-state index contributed by atoms with van der Waals surface area (Å²) in [4.78, 5) is 24.7. The summed E-state index contributed by atoms with van der Waals surface area (Å²) in [7, 11) is 0. The van der Waals surface area contributed by atoms with E-state index in [1.807, 2.05) is 42.5 Å². The molecule has 1 aromatic heterocycles. The number of nitrogens with one attached hydrogen (secondary N) is 1. The topological polar surface area (TPSA) is 82.5 Å². The molecule has 148 valence electrons. The second kappa shape index (κ2) is 7.36. The van der Waals surface area contributed by atoms with E-state index in [2.05, 4.69) is 10.4 Å². The van der Waals surface area contributed by atoms with Crippen LogP contribution in [-0.4, -0.2) is 22.5 Å². The molecule has 5 rings (SSSR count). The molecule has 0 bridgehead atoms. The summed E-state index contributed by atoms with van der Waals surface area (Å²) in [6.45, 7) is -0.0394. The Balaban J connectivity index is 1.37. The summed E-state index contributed by atoms with van der Waals surface area (Å²) in [6, 6.07) is 22.2. The van der Waals surface area contributed by atoms with Crippen LogP contribution in [0.25, 0.3) is 22.0 Å². The first-order chi connectivity index (χ1) is 14.7. The predicted octanol–water partition coefficient (Wildman–Crippen LogP) is 3.43. The van der Waals surface area contributed by atoms with E-state index in [4.69, 9.17) is 9.47 Å². The lowest BCUT2D eigenvalue weighted by molar-refractivity contribution is -0.117. The summed E-state index contributed by atoms with van der Waals surface area (Å²) < 4.78 is 11.7. The second-order valence-corrected chi connectivity index (χ2v) is 6.89. The standard InChI is InChI=1S/C23H17N3O4/c27-22(24-18-7-9-20-21(12-18)30-14-29-20)13-26-23(28)10-8-19(25-26)17-6-5-15-3-1-2-4-16(15)11-17/h1-12H,13-14H2,(H,24,27). The highest BCUT2D eigenvalue weighted by atomic mass is 16.7. The van der Waals surface area contributed by atoms with Gasteiger partial charge in [0.05, 0.1) is 5.69 Å². The summed E-state index contributed by atoms with van der Waals surface area (Å²) in [6.07, 6.45) is 0. The zero-order chi connectivity index (χ0) is 20.5.